The summed E-state index contributed by atoms with van der Waals surface area (Å²) >= 11 is 0. The van der Waals surface area contributed by atoms with Gasteiger partial charge in [0.2, 0.25) is 5.91 Å². The molecule has 2 N–H and O–H groups in total. The Bertz CT molecular complexity index is 517. The van der Waals surface area contributed by atoms with Crippen LogP contribution in [0.5, 0.6) is 0 Å². The monoisotopic (exact) mass is 272 g/mol. The molecular weight excluding hydrogens is 252 g/mol. The van der Waals surface area contributed by atoms with Crippen molar-refractivity contribution >= 4 is 5.91 Å². The average molecular weight is 272 g/mol. The van der Waals surface area contributed by atoms with Crippen molar-refractivity contribution in [1.82, 2.24) is 10.2 Å². The summed E-state index contributed by atoms with van der Waals surface area (Å²) in [5, 5.41) is 11.7. The van der Waals surface area contributed by atoms with Crippen LogP contribution in [0.3, 0.4) is 0 Å². The number of nitrogens with zero attached hydrogens (tertiary/aromatic N) is 1. The van der Waals surface area contributed by atoms with Crippen molar-refractivity contribution in [3.63, 3.8) is 0 Å². The number of rotatable bonds is 3. The molecule has 2 rings (SSSR count). The lowest BCUT2D eigenvalue weighted by Gasteiger charge is -2.19. The second-order valence-corrected chi connectivity index (χ2v) is 4.85. The molecule has 1 aromatic carbocycles. The van der Waals surface area contributed by atoms with Crippen LogP contribution in [0, 0.1) is 11.8 Å². The fourth-order valence-electron chi connectivity index (χ4n) is 2.24. The number of carbonyl (C=O) groups excluding carboxylic acids is 1. The van der Waals surface area contributed by atoms with Crippen LogP contribution in [-0.2, 0) is 11.3 Å². The van der Waals surface area contributed by atoms with Gasteiger partial charge in [-0.25, -0.2) is 0 Å². The molecule has 1 heterocycles. The Morgan fingerprint density at radius 1 is 1.35 bits per heavy atom. The Hall–Kier alpha value is -1.83. The van der Waals surface area contributed by atoms with E-state index < -0.39 is 0 Å². The number of benzene rings is 1. The van der Waals surface area contributed by atoms with Crippen molar-refractivity contribution in [3.05, 3.63) is 35.4 Å². The van der Waals surface area contributed by atoms with Crippen molar-refractivity contribution in [1.29, 1.82) is 0 Å². The van der Waals surface area contributed by atoms with E-state index in [1.165, 1.54) is 0 Å². The Morgan fingerprint density at radius 3 is 3.05 bits per heavy atom. The van der Waals surface area contributed by atoms with Crippen molar-refractivity contribution < 1.29 is 9.90 Å². The number of nitrogens with one attached hydrogen (secondary N) is 1. The second-order valence-electron chi connectivity index (χ2n) is 4.85. The largest absolute Gasteiger partial charge is 0.395 e. The fraction of sp³-hybridized carbons (Fsp3) is 0.438. The first kappa shape index (κ1) is 14.6. The van der Waals surface area contributed by atoms with Crippen LogP contribution in [0.2, 0.25) is 0 Å². The molecule has 0 spiro atoms. The molecule has 1 amide bonds. The third kappa shape index (κ3) is 4.37. The van der Waals surface area contributed by atoms with Crippen LogP contribution in [0.4, 0.5) is 0 Å². The van der Waals surface area contributed by atoms with Crippen molar-refractivity contribution in [2.75, 3.05) is 26.2 Å². The van der Waals surface area contributed by atoms with E-state index in [1.54, 1.807) is 0 Å². The molecule has 4 heteroatoms. The van der Waals surface area contributed by atoms with E-state index in [1.807, 2.05) is 24.3 Å². The smallest absolute Gasteiger partial charge is 0.234 e. The highest BCUT2D eigenvalue weighted by molar-refractivity contribution is 5.78. The summed E-state index contributed by atoms with van der Waals surface area (Å²) in [6, 6.07) is 7.98. The highest BCUT2D eigenvalue weighted by Gasteiger charge is 2.15. The van der Waals surface area contributed by atoms with Gasteiger partial charge in [-0.2, -0.15) is 0 Å². The van der Waals surface area contributed by atoms with Gasteiger partial charge in [-0.1, -0.05) is 30.0 Å². The minimum atomic E-state index is 0.0848. The molecule has 0 aliphatic carbocycles. The molecule has 0 unspecified atom stereocenters. The molecule has 1 aromatic rings. The molecule has 0 aromatic heterocycles. The Morgan fingerprint density at radius 2 is 2.20 bits per heavy atom. The first-order valence-corrected chi connectivity index (χ1v) is 6.96. The van der Waals surface area contributed by atoms with Gasteiger partial charge in [-0.3, -0.25) is 9.69 Å². The fourth-order valence-corrected chi connectivity index (χ4v) is 2.24. The summed E-state index contributed by atoms with van der Waals surface area (Å²) < 4.78 is 0. The quantitative estimate of drug-likeness (QED) is 0.798. The minimum absolute atomic E-state index is 0.0848. The predicted molar refractivity (Wildman–Crippen MR) is 77.9 cm³/mol. The third-order valence-electron chi connectivity index (χ3n) is 3.21. The van der Waals surface area contributed by atoms with Crippen LogP contribution in [0.1, 0.15) is 24.0 Å². The maximum Gasteiger partial charge on any atom is 0.234 e. The number of amides is 1. The van der Waals surface area contributed by atoms with Gasteiger partial charge in [0, 0.05) is 31.6 Å². The van der Waals surface area contributed by atoms with Crippen molar-refractivity contribution in [3.8, 4) is 11.8 Å². The van der Waals surface area contributed by atoms with E-state index >= 15 is 0 Å². The van der Waals surface area contributed by atoms with Crippen LogP contribution < -0.4 is 5.32 Å². The second kappa shape index (κ2) is 7.68. The molecule has 0 saturated carbocycles. The number of carbonyl (C=O) groups is 1. The van der Waals surface area contributed by atoms with Gasteiger partial charge in [-0.05, 0) is 18.1 Å². The SMILES string of the molecule is O=C1CN(Cc2ccccc2C#CCCO)CCCN1. The van der Waals surface area contributed by atoms with Gasteiger partial charge < -0.3 is 10.4 Å². The van der Waals surface area contributed by atoms with Gasteiger partial charge in [0.25, 0.3) is 0 Å². The zero-order chi connectivity index (χ0) is 14.2. The Labute approximate surface area is 119 Å². The maximum atomic E-state index is 11.6. The standard InChI is InChI=1S/C16H20N2O2/c19-11-4-3-7-14-6-1-2-8-15(14)12-18-10-5-9-17-16(20)13-18/h1-2,6,8,19H,4-5,9-13H2,(H,17,20). The van der Waals surface area contributed by atoms with Gasteiger partial charge in [0.1, 0.15) is 0 Å². The molecule has 1 fully saturated rings. The summed E-state index contributed by atoms with van der Waals surface area (Å²) in [4.78, 5) is 13.7. The molecule has 4 nitrogen and oxygen atoms in total. The lowest BCUT2D eigenvalue weighted by Crippen LogP contribution is -2.32. The summed E-state index contributed by atoms with van der Waals surface area (Å²) in [5.74, 6) is 6.13. The highest BCUT2D eigenvalue weighted by Crippen LogP contribution is 2.12. The lowest BCUT2D eigenvalue weighted by molar-refractivity contribution is -0.121. The molecule has 0 radical (unpaired) electrons. The zero-order valence-corrected chi connectivity index (χ0v) is 11.6. The summed E-state index contributed by atoms with van der Waals surface area (Å²) in [6.45, 7) is 2.93. The highest BCUT2D eigenvalue weighted by atomic mass is 16.2. The van der Waals surface area contributed by atoms with Gasteiger partial charge in [0.05, 0.1) is 13.2 Å². The van der Waals surface area contributed by atoms with Crippen LogP contribution in [0.15, 0.2) is 24.3 Å². The maximum absolute atomic E-state index is 11.6. The van der Waals surface area contributed by atoms with Crippen molar-refractivity contribution in [2.24, 2.45) is 0 Å². The summed E-state index contributed by atoms with van der Waals surface area (Å²) in [6.07, 6.45) is 1.46. The lowest BCUT2D eigenvalue weighted by atomic mass is 10.1. The molecule has 1 saturated heterocycles. The van der Waals surface area contributed by atoms with Gasteiger partial charge in [0.15, 0.2) is 0 Å². The number of aliphatic hydroxyl groups excluding tert-OH is 1. The van der Waals surface area contributed by atoms with Gasteiger partial charge in [-0.15, -0.1) is 0 Å². The topological polar surface area (TPSA) is 52.6 Å². The van der Waals surface area contributed by atoms with E-state index in [2.05, 4.69) is 22.1 Å². The molecule has 106 valence electrons. The Kier molecular flexibility index (Phi) is 5.60. The van der Waals surface area contributed by atoms with Crippen LogP contribution >= 0.6 is 0 Å². The zero-order valence-electron chi connectivity index (χ0n) is 11.6. The first-order valence-electron chi connectivity index (χ1n) is 6.96. The van der Waals surface area contributed by atoms with E-state index in [0.29, 0.717) is 13.0 Å². The van der Waals surface area contributed by atoms with Crippen LogP contribution in [-0.4, -0.2) is 42.2 Å². The average Bonchev–Trinajstić information content (AvgIpc) is 2.65. The number of aliphatic hydroxyl groups is 1. The predicted octanol–water partition coefficient (Wildman–Crippen LogP) is 0.742. The van der Waals surface area contributed by atoms with Crippen LogP contribution in [0.25, 0.3) is 0 Å². The number of hydrogen-bond acceptors (Lipinski definition) is 3. The third-order valence-corrected chi connectivity index (χ3v) is 3.21. The molecule has 0 atom stereocenters. The number of hydrogen-bond donors (Lipinski definition) is 2. The normalized spacial score (nSPS) is 15.9. The molecular formula is C16H20N2O2. The van der Waals surface area contributed by atoms with E-state index in [4.69, 9.17) is 5.11 Å². The molecule has 0 bridgehead atoms. The Balaban J connectivity index is 2.08. The molecule has 20 heavy (non-hydrogen) atoms. The van der Waals surface area contributed by atoms with Crippen molar-refractivity contribution in [2.45, 2.75) is 19.4 Å². The van der Waals surface area contributed by atoms with E-state index in [-0.39, 0.29) is 12.5 Å². The minimum Gasteiger partial charge on any atom is -0.395 e. The first-order chi connectivity index (χ1) is 9.79. The van der Waals surface area contributed by atoms with E-state index in [9.17, 15) is 4.79 Å². The molecule has 1 aliphatic rings. The van der Waals surface area contributed by atoms with E-state index in [0.717, 1.165) is 37.2 Å². The molecule has 1 aliphatic heterocycles. The summed E-state index contributed by atoms with van der Waals surface area (Å²) in [5.41, 5.74) is 2.11. The van der Waals surface area contributed by atoms with Gasteiger partial charge >= 0.3 is 0 Å². The summed E-state index contributed by atoms with van der Waals surface area (Å²) in [7, 11) is 0.